The molecule has 4 nitrogen and oxygen atoms in total. The quantitative estimate of drug-likeness (QED) is 0.764. The van der Waals surface area contributed by atoms with Crippen LogP contribution in [0.2, 0.25) is 0 Å². The van der Waals surface area contributed by atoms with Crippen molar-refractivity contribution >= 4 is 6.21 Å². The van der Waals surface area contributed by atoms with Crippen molar-refractivity contribution in [2.45, 2.75) is 24.9 Å². The summed E-state index contributed by atoms with van der Waals surface area (Å²) in [6, 6.07) is 10.5. The van der Waals surface area contributed by atoms with Gasteiger partial charge in [0.2, 0.25) is 0 Å². The predicted octanol–water partition coefficient (Wildman–Crippen LogP) is 1.31. The molecule has 0 saturated carbocycles. The highest BCUT2D eigenvalue weighted by Gasteiger charge is 2.45. The Bertz CT molecular complexity index is 508. The van der Waals surface area contributed by atoms with E-state index in [2.05, 4.69) is 34.9 Å². The molecule has 3 unspecified atom stereocenters. The SMILES string of the molecule is CCC(N)(c1ccccc1)C1NNC2=CC=NCC21. The summed E-state index contributed by atoms with van der Waals surface area (Å²) in [6.07, 6.45) is 4.77. The Balaban J connectivity index is 1.95. The van der Waals surface area contributed by atoms with E-state index in [1.807, 2.05) is 30.5 Å². The lowest BCUT2D eigenvalue weighted by molar-refractivity contribution is 0.265. The molecular formula is C15H20N4. The van der Waals surface area contributed by atoms with E-state index >= 15 is 0 Å². The summed E-state index contributed by atoms with van der Waals surface area (Å²) in [7, 11) is 0. The number of nitrogens with two attached hydrogens (primary N) is 1. The minimum absolute atomic E-state index is 0.156. The summed E-state index contributed by atoms with van der Waals surface area (Å²) >= 11 is 0. The Morgan fingerprint density at radius 1 is 1.37 bits per heavy atom. The molecule has 19 heavy (non-hydrogen) atoms. The molecule has 3 atom stereocenters. The number of nitrogens with one attached hydrogen (secondary N) is 2. The van der Waals surface area contributed by atoms with Crippen LogP contribution in [0.1, 0.15) is 18.9 Å². The zero-order chi connectivity index (χ0) is 13.3. The maximum absolute atomic E-state index is 6.75. The van der Waals surface area contributed by atoms with Crippen LogP contribution in [0.3, 0.4) is 0 Å². The van der Waals surface area contributed by atoms with E-state index in [9.17, 15) is 0 Å². The van der Waals surface area contributed by atoms with Crippen LogP contribution in [0.25, 0.3) is 0 Å². The summed E-state index contributed by atoms with van der Waals surface area (Å²) in [5.41, 5.74) is 15.4. The molecule has 2 heterocycles. The van der Waals surface area contributed by atoms with E-state index < -0.39 is 0 Å². The second kappa shape index (κ2) is 4.79. The van der Waals surface area contributed by atoms with E-state index in [1.54, 1.807) is 0 Å². The number of hydrogen-bond acceptors (Lipinski definition) is 4. The van der Waals surface area contributed by atoms with Crippen LogP contribution in [0.5, 0.6) is 0 Å². The van der Waals surface area contributed by atoms with Crippen LogP contribution in [0.4, 0.5) is 0 Å². The highest BCUT2D eigenvalue weighted by atomic mass is 15.4. The van der Waals surface area contributed by atoms with Crippen LogP contribution in [-0.2, 0) is 5.54 Å². The first kappa shape index (κ1) is 12.4. The lowest BCUT2D eigenvalue weighted by Crippen LogP contribution is -2.56. The van der Waals surface area contributed by atoms with Gasteiger partial charge in [0.05, 0.1) is 11.6 Å². The molecule has 2 aliphatic rings. The molecule has 1 fully saturated rings. The highest BCUT2D eigenvalue weighted by Crippen LogP contribution is 2.35. The average Bonchev–Trinajstić information content (AvgIpc) is 2.92. The number of hydrazine groups is 1. The molecule has 1 aromatic carbocycles. The summed E-state index contributed by atoms with van der Waals surface area (Å²) in [5, 5.41) is 0. The lowest BCUT2D eigenvalue weighted by atomic mass is 9.75. The van der Waals surface area contributed by atoms with Gasteiger partial charge < -0.3 is 11.2 Å². The van der Waals surface area contributed by atoms with Gasteiger partial charge in [0.25, 0.3) is 0 Å². The van der Waals surface area contributed by atoms with Gasteiger partial charge in [-0.3, -0.25) is 4.99 Å². The van der Waals surface area contributed by atoms with Crippen molar-refractivity contribution in [2.75, 3.05) is 6.54 Å². The van der Waals surface area contributed by atoms with Gasteiger partial charge in [-0.15, -0.1) is 0 Å². The molecule has 0 spiro atoms. The van der Waals surface area contributed by atoms with Gasteiger partial charge in [0.1, 0.15) is 0 Å². The molecular weight excluding hydrogens is 236 g/mol. The maximum Gasteiger partial charge on any atom is 0.0587 e. The number of aliphatic imine (C=N–C) groups is 1. The summed E-state index contributed by atoms with van der Waals surface area (Å²) in [5.74, 6) is 0.329. The molecule has 1 aromatic rings. The fraction of sp³-hybridized carbons (Fsp3) is 0.400. The zero-order valence-corrected chi connectivity index (χ0v) is 11.1. The number of dihydropyridines is 1. The number of fused-ring (bicyclic) bond motifs is 1. The van der Waals surface area contributed by atoms with E-state index in [0.717, 1.165) is 13.0 Å². The summed E-state index contributed by atoms with van der Waals surface area (Å²) < 4.78 is 0. The van der Waals surface area contributed by atoms with Crippen molar-refractivity contribution in [1.82, 2.24) is 10.9 Å². The summed E-state index contributed by atoms with van der Waals surface area (Å²) in [4.78, 5) is 4.37. The fourth-order valence-electron chi connectivity index (χ4n) is 3.05. The van der Waals surface area contributed by atoms with Crippen LogP contribution in [-0.4, -0.2) is 18.8 Å². The minimum atomic E-state index is -0.388. The third-order valence-electron chi connectivity index (χ3n) is 4.29. The first-order valence-electron chi connectivity index (χ1n) is 6.81. The van der Waals surface area contributed by atoms with Crippen molar-refractivity contribution < 1.29 is 0 Å². The summed E-state index contributed by atoms with van der Waals surface area (Å²) in [6.45, 7) is 2.94. The number of rotatable bonds is 3. The smallest absolute Gasteiger partial charge is 0.0587 e. The van der Waals surface area contributed by atoms with Crippen LogP contribution < -0.4 is 16.6 Å². The standard InChI is InChI=1S/C15H20N4/c1-2-15(16,11-6-4-3-5-7-11)14-12-10-17-9-8-13(12)18-19-14/h3-9,12,14,18-19H,2,10,16H2,1H3. The van der Waals surface area contributed by atoms with Gasteiger partial charge in [-0.25, -0.2) is 5.43 Å². The zero-order valence-electron chi connectivity index (χ0n) is 11.1. The fourth-order valence-corrected chi connectivity index (χ4v) is 3.05. The first-order valence-corrected chi connectivity index (χ1v) is 6.81. The molecule has 4 heteroatoms. The Hall–Kier alpha value is -1.65. The Morgan fingerprint density at radius 2 is 2.16 bits per heavy atom. The Labute approximate surface area is 113 Å². The molecule has 100 valence electrons. The van der Waals surface area contributed by atoms with Crippen LogP contribution >= 0.6 is 0 Å². The number of allylic oxidation sites excluding steroid dienone is 1. The monoisotopic (exact) mass is 256 g/mol. The third-order valence-corrected chi connectivity index (χ3v) is 4.29. The van der Waals surface area contributed by atoms with E-state index in [0.29, 0.717) is 5.92 Å². The topological polar surface area (TPSA) is 62.4 Å². The molecule has 0 bridgehead atoms. The number of hydrogen-bond donors (Lipinski definition) is 3. The van der Waals surface area contributed by atoms with Crippen molar-refractivity contribution in [2.24, 2.45) is 16.6 Å². The molecule has 0 radical (unpaired) electrons. The number of benzene rings is 1. The van der Waals surface area contributed by atoms with Gasteiger partial charge in [-0.2, -0.15) is 0 Å². The normalized spacial score (nSPS) is 28.2. The molecule has 0 amide bonds. The average molecular weight is 256 g/mol. The Morgan fingerprint density at radius 3 is 2.89 bits per heavy atom. The molecule has 3 rings (SSSR count). The van der Waals surface area contributed by atoms with Gasteiger partial charge in [0.15, 0.2) is 0 Å². The van der Waals surface area contributed by atoms with E-state index in [-0.39, 0.29) is 11.6 Å². The van der Waals surface area contributed by atoms with Crippen molar-refractivity contribution in [3.8, 4) is 0 Å². The van der Waals surface area contributed by atoms with Gasteiger partial charge in [-0.1, -0.05) is 37.3 Å². The molecule has 2 aliphatic heterocycles. The Kier molecular flexibility index (Phi) is 3.12. The van der Waals surface area contributed by atoms with E-state index in [4.69, 9.17) is 5.73 Å². The maximum atomic E-state index is 6.75. The minimum Gasteiger partial charge on any atom is -0.325 e. The second-order valence-corrected chi connectivity index (χ2v) is 5.25. The first-order chi connectivity index (χ1) is 9.25. The number of nitrogens with zero attached hydrogens (tertiary/aromatic N) is 1. The van der Waals surface area contributed by atoms with Crippen LogP contribution in [0.15, 0.2) is 47.1 Å². The second-order valence-electron chi connectivity index (χ2n) is 5.25. The lowest BCUT2D eigenvalue weighted by Gasteiger charge is -2.37. The van der Waals surface area contributed by atoms with Gasteiger partial charge in [0, 0.05) is 24.4 Å². The van der Waals surface area contributed by atoms with E-state index in [1.165, 1.54) is 11.3 Å². The largest absolute Gasteiger partial charge is 0.325 e. The predicted molar refractivity (Wildman–Crippen MR) is 77.6 cm³/mol. The molecule has 1 saturated heterocycles. The highest BCUT2D eigenvalue weighted by molar-refractivity contribution is 5.73. The molecule has 4 N–H and O–H groups in total. The van der Waals surface area contributed by atoms with Crippen LogP contribution in [0, 0.1) is 5.92 Å². The van der Waals surface area contributed by atoms with Crippen molar-refractivity contribution in [1.29, 1.82) is 0 Å². The van der Waals surface area contributed by atoms with Gasteiger partial charge in [-0.05, 0) is 18.1 Å². The molecule has 0 aromatic heterocycles. The molecule has 0 aliphatic carbocycles. The van der Waals surface area contributed by atoms with Crippen molar-refractivity contribution in [3.63, 3.8) is 0 Å². The van der Waals surface area contributed by atoms with Crippen molar-refractivity contribution in [3.05, 3.63) is 47.7 Å². The van der Waals surface area contributed by atoms with Gasteiger partial charge >= 0.3 is 0 Å². The third kappa shape index (κ3) is 1.97.